The molecule has 1 amide bonds. The normalized spacial score (nSPS) is 18.5. The van der Waals surface area contributed by atoms with Gasteiger partial charge in [-0.3, -0.25) is 4.79 Å². The lowest BCUT2D eigenvalue weighted by molar-refractivity contribution is -0.131. The Hall–Kier alpha value is -1.05. The van der Waals surface area contributed by atoms with E-state index < -0.39 is 9.84 Å². The van der Waals surface area contributed by atoms with Crippen LogP contribution in [0.25, 0.3) is 0 Å². The van der Waals surface area contributed by atoms with E-state index in [-0.39, 0.29) is 23.0 Å². The van der Waals surface area contributed by atoms with Gasteiger partial charge in [0, 0.05) is 24.0 Å². The number of rotatable bonds is 7. The highest BCUT2D eigenvalue weighted by atomic mass is 32.2. The van der Waals surface area contributed by atoms with Gasteiger partial charge in [-0.05, 0) is 51.2 Å². The van der Waals surface area contributed by atoms with Gasteiger partial charge in [0.05, 0.1) is 15.9 Å². The maximum Gasteiger partial charge on any atom is 0.235 e. The van der Waals surface area contributed by atoms with Crippen LogP contribution in [0.3, 0.4) is 0 Å². The van der Waals surface area contributed by atoms with Crippen LogP contribution in [0.4, 0.5) is 0 Å². The number of sulfone groups is 1. The highest BCUT2D eigenvalue weighted by Crippen LogP contribution is 2.32. The standard InChI is InChI=1S/C19H30N2O3S2/c1-4-13-26(23,24)18-8-6-5-7-17(18)25-15(3)19(22)21-11-9-16(10-12-21)14(2)20/h5-8,14-16H,4,9-13,20H2,1-3H3. The van der Waals surface area contributed by atoms with Crippen LogP contribution in [-0.4, -0.2) is 49.4 Å². The Balaban J connectivity index is 2.06. The summed E-state index contributed by atoms with van der Waals surface area (Å²) >= 11 is 1.34. The molecule has 0 bridgehead atoms. The minimum absolute atomic E-state index is 0.0702. The molecule has 0 radical (unpaired) electrons. The predicted molar refractivity (Wildman–Crippen MR) is 107 cm³/mol. The zero-order valence-electron chi connectivity index (χ0n) is 15.8. The number of hydrogen-bond acceptors (Lipinski definition) is 5. The molecule has 5 nitrogen and oxygen atoms in total. The molecule has 146 valence electrons. The Labute approximate surface area is 161 Å². The molecule has 26 heavy (non-hydrogen) atoms. The molecular weight excluding hydrogens is 368 g/mol. The molecule has 2 atom stereocenters. The molecule has 0 aromatic heterocycles. The minimum atomic E-state index is -3.31. The van der Waals surface area contributed by atoms with E-state index in [4.69, 9.17) is 5.73 Å². The van der Waals surface area contributed by atoms with Crippen LogP contribution in [0, 0.1) is 5.92 Å². The minimum Gasteiger partial charge on any atom is -0.342 e. The van der Waals surface area contributed by atoms with Crippen molar-refractivity contribution in [1.29, 1.82) is 0 Å². The van der Waals surface area contributed by atoms with E-state index >= 15 is 0 Å². The van der Waals surface area contributed by atoms with E-state index in [9.17, 15) is 13.2 Å². The average molecular weight is 399 g/mol. The third-order valence-electron chi connectivity index (χ3n) is 4.90. The van der Waals surface area contributed by atoms with Crippen molar-refractivity contribution in [3.63, 3.8) is 0 Å². The van der Waals surface area contributed by atoms with Crippen LogP contribution in [0.2, 0.25) is 0 Å². The number of carbonyl (C=O) groups excluding carboxylic acids is 1. The lowest BCUT2D eigenvalue weighted by Crippen LogP contribution is -2.45. The fourth-order valence-electron chi connectivity index (χ4n) is 3.33. The van der Waals surface area contributed by atoms with Crippen LogP contribution < -0.4 is 5.73 Å². The van der Waals surface area contributed by atoms with Crippen LogP contribution in [0.1, 0.15) is 40.0 Å². The molecule has 2 unspecified atom stereocenters. The Kier molecular flexibility index (Phi) is 7.55. The monoisotopic (exact) mass is 398 g/mol. The SMILES string of the molecule is CCCS(=O)(=O)c1ccccc1SC(C)C(=O)N1CCC(C(C)N)CC1. The first-order chi connectivity index (χ1) is 12.3. The second-order valence-electron chi connectivity index (χ2n) is 7.05. The summed E-state index contributed by atoms with van der Waals surface area (Å²) in [6.45, 7) is 7.19. The van der Waals surface area contributed by atoms with E-state index in [1.807, 2.05) is 31.7 Å². The van der Waals surface area contributed by atoms with E-state index in [1.165, 1.54) is 11.8 Å². The lowest BCUT2D eigenvalue weighted by atomic mass is 9.91. The predicted octanol–water partition coefficient (Wildman–Crippen LogP) is 2.94. The zero-order chi connectivity index (χ0) is 19.3. The fourth-order valence-corrected chi connectivity index (χ4v) is 6.24. The summed E-state index contributed by atoms with van der Waals surface area (Å²) < 4.78 is 25.0. The summed E-state index contributed by atoms with van der Waals surface area (Å²) in [6, 6.07) is 7.14. The Morgan fingerprint density at radius 3 is 2.46 bits per heavy atom. The highest BCUT2D eigenvalue weighted by molar-refractivity contribution is 8.01. The first kappa shape index (κ1) is 21.3. The first-order valence-electron chi connectivity index (χ1n) is 9.29. The molecule has 1 heterocycles. The van der Waals surface area contributed by atoms with Crippen molar-refractivity contribution < 1.29 is 13.2 Å². The molecule has 1 aromatic rings. The van der Waals surface area contributed by atoms with Crippen molar-refractivity contribution in [3.8, 4) is 0 Å². The molecule has 0 saturated carbocycles. The topological polar surface area (TPSA) is 80.5 Å². The first-order valence-corrected chi connectivity index (χ1v) is 11.8. The van der Waals surface area contributed by atoms with Gasteiger partial charge in [0.1, 0.15) is 0 Å². The van der Waals surface area contributed by atoms with Crippen molar-refractivity contribution in [3.05, 3.63) is 24.3 Å². The van der Waals surface area contributed by atoms with Gasteiger partial charge in [0.2, 0.25) is 5.91 Å². The van der Waals surface area contributed by atoms with Gasteiger partial charge in [-0.15, -0.1) is 11.8 Å². The van der Waals surface area contributed by atoms with Crippen LogP contribution >= 0.6 is 11.8 Å². The number of thioether (sulfide) groups is 1. The van der Waals surface area contributed by atoms with E-state index in [0.29, 0.717) is 22.1 Å². The van der Waals surface area contributed by atoms with Crippen molar-refractivity contribution in [2.24, 2.45) is 11.7 Å². The quantitative estimate of drug-likeness (QED) is 0.714. The van der Waals surface area contributed by atoms with Gasteiger partial charge in [0.15, 0.2) is 9.84 Å². The molecule has 2 rings (SSSR count). The molecule has 1 fully saturated rings. The van der Waals surface area contributed by atoms with Gasteiger partial charge in [-0.1, -0.05) is 19.1 Å². The van der Waals surface area contributed by atoms with E-state index in [0.717, 1.165) is 25.9 Å². The molecule has 1 aliphatic rings. The number of hydrogen-bond donors (Lipinski definition) is 1. The number of nitrogens with two attached hydrogens (primary N) is 1. The fraction of sp³-hybridized carbons (Fsp3) is 0.632. The highest BCUT2D eigenvalue weighted by Gasteiger charge is 2.29. The van der Waals surface area contributed by atoms with Crippen molar-refractivity contribution in [2.45, 2.75) is 61.1 Å². The second kappa shape index (κ2) is 9.24. The summed E-state index contributed by atoms with van der Waals surface area (Å²) in [5, 5.41) is -0.320. The van der Waals surface area contributed by atoms with Crippen LogP contribution in [0.15, 0.2) is 34.1 Å². The summed E-state index contributed by atoms with van der Waals surface area (Å²) in [6.07, 6.45) is 2.44. The summed E-state index contributed by atoms with van der Waals surface area (Å²) in [5.74, 6) is 0.667. The van der Waals surface area contributed by atoms with Crippen molar-refractivity contribution in [1.82, 2.24) is 4.90 Å². The molecule has 1 aliphatic heterocycles. The van der Waals surface area contributed by atoms with Gasteiger partial charge < -0.3 is 10.6 Å². The van der Waals surface area contributed by atoms with Crippen LogP contribution in [-0.2, 0) is 14.6 Å². The number of benzene rings is 1. The van der Waals surface area contributed by atoms with E-state index in [1.54, 1.807) is 18.2 Å². The Morgan fingerprint density at radius 2 is 1.88 bits per heavy atom. The zero-order valence-corrected chi connectivity index (χ0v) is 17.5. The van der Waals surface area contributed by atoms with Gasteiger partial charge >= 0.3 is 0 Å². The lowest BCUT2D eigenvalue weighted by Gasteiger charge is -2.35. The van der Waals surface area contributed by atoms with E-state index in [2.05, 4.69) is 0 Å². The third-order valence-corrected chi connectivity index (χ3v) is 8.17. The van der Waals surface area contributed by atoms with Crippen LogP contribution in [0.5, 0.6) is 0 Å². The van der Waals surface area contributed by atoms with Gasteiger partial charge in [-0.25, -0.2) is 8.42 Å². The van der Waals surface area contributed by atoms with Crippen molar-refractivity contribution in [2.75, 3.05) is 18.8 Å². The summed E-state index contributed by atoms with van der Waals surface area (Å²) in [4.78, 5) is 15.7. The number of nitrogens with zero attached hydrogens (tertiary/aromatic N) is 1. The smallest absolute Gasteiger partial charge is 0.235 e. The second-order valence-corrected chi connectivity index (χ2v) is 10.5. The van der Waals surface area contributed by atoms with Crippen molar-refractivity contribution >= 4 is 27.5 Å². The largest absolute Gasteiger partial charge is 0.342 e. The molecule has 2 N–H and O–H groups in total. The molecule has 1 aromatic carbocycles. The maximum atomic E-state index is 12.8. The van der Waals surface area contributed by atoms with Gasteiger partial charge in [-0.2, -0.15) is 0 Å². The molecule has 0 spiro atoms. The Morgan fingerprint density at radius 1 is 1.27 bits per heavy atom. The number of carbonyl (C=O) groups is 1. The Bertz CT molecular complexity index is 711. The van der Waals surface area contributed by atoms with Gasteiger partial charge in [0.25, 0.3) is 0 Å². The number of likely N-dealkylation sites (tertiary alicyclic amines) is 1. The molecule has 0 aliphatic carbocycles. The number of piperidine rings is 1. The average Bonchev–Trinajstić information content (AvgIpc) is 2.61. The molecule has 7 heteroatoms. The summed E-state index contributed by atoms with van der Waals surface area (Å²) in [7, 11) is -3.31. The molecule has 1 saturated heterocycles. The maximum absolute atomic E-state index is 12.8. The third kappa shape index (κ3) is 5.24. The number of amides is 1. The molecular formula is C19H30N2O3S2. The summed E-state index contributed by atoms with van der Waals surface area (Å²) in [5.41, 5.74) is 5.97.